The number of rotatable bonds is 5. The number of para-hydroxylation sites is 2. The number of nitrogens with zero attached hydrogens (tertiary/aromatic N) is 2. The van der Waals surface area contributed by atoms with Gasteiger partial charge in [-0.1, -0.05) is 44.5 Å². The molecule has 0 saturated heterocycles. The molecule has 2 aromatic heterocycles. The maximum atomic E-state index is 13.3. The SMILES string of the molecule is CCC.CSc1sc(C(=N)N)cc1S(=O)c1cccc(-c2nc3ccccc3n2C)c1.OS. The van der Waals surface area contributed by atoms with Crippen LogP contribution in [0.3, 0.4) is 0 Å². The molecule has 0 bridgehead atoms. The number of aromatic nitrogens is 2. The van der Waals surface area contributed by atoms with Gasteiger partial charge >= 0.3 is 0 Å². The van der Waals surface area contributed by atoms with Gasteiger partial charge in [0.1, 0.15) is 11.7 Å². The summed E-state index contributed by atoms with van der Waals surface area (Å²) in [5, 5.41) is 7.66. The van der Waals surface area contributed by atoms with E-state index >= 15 is 0 Å². The number of fused-ring (bicyclic) bond motifs is 1. The zero-order chi connectivity index (χ0) is 24.5. The van der Waals surface area contributed by atoms with Crippen LogP contribution in [-0.2, 0) is 17.8 Å². The van der Waals surface area contributed by atoms with Gasteiger partial charge in [0, 0.05) is 17.5 Å². The van der Waals surface area contributed by atoms with Crippen molar-refractivity contribution in [2.24, 2.45) is 12.8 Å². The van der Waals surface area contributed by atoms with Crippen molar-refractivity contribution in [1.29, 1.82) is 5.41 Å². The number of aryl methyl sites for hydroxylation is 1. The summed E-state index contributed by atoms with van der Waals surface area (Å²) >= 11 is 5.45. The van der Waals surface area contributed by atoms with Crippen LogP contribution in [0.2, 0.25) is 0 Å². The fraction of sp³-hybridized carbons (Fsp3) is 0.217. The molecular weight excluding hydrogens is 493 g/mol. The Bertz CT molecular complexity index is 1250. The number of imidazole rings is 1. The van der Waals surface area contributed by atoms with Gasteiger partial charge in [0.25, 0.3) is 0 Å². The first-order valence-corrected chi connectivity index (χ1v) is 13.7. The third kappa shape index (κ3) is 6.27. The molecule has 4 rings (SSSR count). The second kappa shape index (κ2) is 13.0. The molecule has 0 aliphatic rings. The Labute approximate surface area is 210 Å². The number of hydrogen-bond acceptors (Lipinski definition) is 7. The summed E-state index contributed by atoms with van der Waals surface area (Å²) in [6, 6.07) is 17.4. The van der Waals surface area contributed by atoms with Crippen LogP contribution in [0.1, 0.15) is 25.1 Å². The van der Waals surface area contributed by atoms with E-state index in [1.165, 1.54) is 29.5 Å². The molecule has 176 valence electrons. The average molecular weight is 521 g/mol. The monoisotopic (exact) mass is 520 g/mol. The smallest absolute Gasteiger partial charge is 0.140 e. The van der Waals surface area contributed by atoms with Crippen LogP contribution in [0.25, 0.3) is 22.4 Å². The molecule has 6 nitrogen and oxygen atoms in total. The third-order valence-corrected chi connectivity index (χ3v) is 8.38. The molecule has 0 radical (unpaired) electrons. The molecule has 0 amide bonds. The number of nitrogens with one attached hydrogen (secondary N) is 1. The first kappa shape index (κ1) is 27.1. The van der Waals surface area contributed by atoms with Gasteiger partial charge in [-0.2, -0.15) is 0 Å². The summed E-state index contributed by atoms with van der Waals surface area (Å²) in [5.41, 5.74) is 8.52. The lowest BCUT2D eigenvalue weighted by Gasteiger charge is -2.06. The van der Waals surface area contributed by atoms with E-state index in [-0.39, 0.29) is 5.84 Å². The highest BCUT2D eigenvalue weighted by Gasteiger charge is 2.18. The van der Waals surface area contributed by atoms with Crippen LogP contribution in [0.5, 0.6) is 0 Å². The third-order valence-electron chi connectivity index (χ3n) is 4.41. The van der Waals surface area contributed by atoms with Gasteiger partial charge in [-0.15, -0.1) is 23.1 Å². The van der Waals surface area contributed by atoms with Gasteiger partial charge in [-0.05, 0) is 49.5 Å². The predicted molar refractivity (Wildman–Crippen MR) is 146 cm³/mol. The molecule has 0 saturated carbocycles. The summed E-state index contributed by atoms with van der Waals surface area (Å²) in [4.78, 5) is 6.77. The average Bonchev–Trinajstić information content (AvgIpc) is 3.42. The van der Waals surface area contributed by atoms with E-state index in [4.69, 9.17) is 20.7 Å². The van der Waals surface area contributed by atoms with E-state index in [1.807, 2.05) is 66.4 Å². The highest BCUT2D eigenvalue weighted by Crippen LogP contribution is 2.35. The van der Waals surface area contributed by atoms with Gasteiger partial charge in [-0.3, -0.25) is 5.41 Å². The topological polar surface area (TPSA) is 105 Å². The van der Waals surface area contributed by atoms with E-state index in [0.717, 1.165) is 26.6 Å². The summed E-state index contributed by atoms with van der Waals surface area (Å²) in [5.74, 6) is 0.830. The lowest BCUT2D eigenvalue weighted by molar-refractivity contribution is 0.679. The van der Waals surface area contributed by atoms with E-state index < -0.39 is 10.8 Å². The number of thiophene rings is 1. The molecule has 2 heterocycles. The molecular formula is C23H28N4O2S4. The molecule has 1 unspecified atom stereocenters. The Morgan fingerprint density at radius 1 is 1.21 bits per heavy atom. The van der Waals surface area contributed by atoms with Crippen molar-refractivity contribution in [3.05, 3.63) is 59.5 Å². The molecule has 0 fully saturated rings. The number of nitrogens with two attached hydrogens (primary N) is 1. The quantitative estimate of drug-likeness (QED) is 0.0815. The number of nitrogen functional groups attached to an aromatic ring is 1. The van der Waals surface area contributed by atoms with E-state index in [1.54, 1.807) is 6.07 Å². The molecule has 0 aliphatic heterocycles. The largest absolute Gasteiger partial charge is 0.383 e. The minimum atomic E-state index is -1.36. The summed E-state index contributed by atoms with van der Waals surface area (Å²) in [6.45, 7) is 4.25. The zero-order valence-corrected chi connectivity index (χ0v) is 22.2. The number of thioether (sulfide) groups is 1. The first-order chi connectivity index (χ1) is 15.9. The van der Waals surface area contributed by atoms with Gasteiger partial charge in [0.15, 0.2) is 0 Å². The molecule has 0 spiro atoms. The second-order valence-corrected chi connectivity index (χ2v) is 10.4. The normalized spacial score (nSPS) is 11.2. The fourth-order valence-electron chi connectivity index (χ4n) is 3.04. The highest BCUT2D eigenvalue weighted by atomic mass is 32.2. The van der Waals surface area contributed by atoms with Crippen LogP contribution in [0.4, 0.5) is 0 Å². The molecule has 0 aliphatic carbocycles. The lowest BCUT2D eigenvalue weighted by Crippen LogP contribution is -2.08. The summed E-state index contributed by atoms with van der Waals surface area (Å²) in [6.07, 6.45) is 3.19. The van der Waals surface area contributed by atoms with Crippen molar-refractivity contribution >= 4 is 63.7 Å². The van der Waals surface area contributed by atoms with E-state index in [0.29, 0.717) is 14.7 Å². The van der Waals surface area contributed by atoms with Crippen molar-refractivity contribution in [3.8, 4) is 11.4 Å². The lowest BCUT2D eigenvalue weighted by atomic mass is 10.2. The van der Waals surface area contributed by atoms with Crippen molar-refractivity contribution in [2.75, 3.05) is 6.26 Å². The van der Waals surface area contributed by atoms with E-state index in [2.05, 4.69) is 26.8 Å². The van der Waals surface area contributed by atoms with Crippen LogP contribution < -0.4 is 5.73 Å². The van der Waals surface area contributed by atoms with Crippen molar-refractivity contribution < 1.29 is 8.76 Å². The summed E-state index contributed by atoms with van der Waals surface area (Å²) < 4.78 is 22.9. The summed E-state index contributed by atoms with van der Waals surface area (Å²) in [7, 11) is 0.622. The Balaban J connectivity index is 0.000000714. The van der Waals surface area contributed by atoms with Crippen molar-refractivity contribution in [2.45, 2.75) is 34.3 Å². The molecule has 33 heavy (non-hydrogen) atoms. The minimum Gasteiger partial charge on any atom is -0.383 e. The zero-order valence-electron chi connectivity index (χ0n) is 18.9. The van der Waals surface area contributed by atoms with Gasteiger partial charge in [0.05, 0.1) is 35.8 Å². The first-order valence-electron chi connectivity index (χ1n) is 10.1. The van der Waals surface area contributed by atoms with Crippen LogP contribution in [0.15, 0.2) is 68.6 Å². The second-order valence-electron chi connectivity index (χ2n) is 6.87. The molecule has 1 atom stereocenters. The van der Waals surface area contributed by atoms with Crippen molar-refractivity contribution in [1.82, 2.24) is 9.55 Å². The number of hydrogen-bond donors (Lipinski definition) is 4. The Morgan fingerprint density at radius 2 is 1.88 bits per heavy atom. The van der Waals surface area contributed by atoms with Crippen LogP contribution in [-0.4, -0.2) is 30.4 Å². The Hall–Kier alpha value is -2.11. The fourth-order valence-corrected chi connectivity index (χ4v) is 6.52. The van der Waals surface area contributed by atoms with Crippen LogP contribution in [0, 0.1) is 5.41 Å². The standard InChI is InChI=1S/C20H18N4OS3.C3H8.H2OS/c1-24-15-9-4-3-8-14(15)23-19(24)12-6-5-7-13(10-12)28(25)17-11-16(18(21)22)27-20(17)26-2;1-3-2;1-2/h3-11H,1-2H3,(H3,21,22);3H2,1-2H3;1-2H. The molecule has 4 aromatic rings. The number of amidine groups is 1. The predicted octanol–water partition coefficient (Wildman–Crippen LogP) is 6.28. The molecule has 2 aromatic carbocycles. The molecule has 4 N–H and O–H groups in total. The number of thiol groups is 1. The minimum absolute atomic E-state index is 0.00278. The highest BCUT2D eigenvalue weighted by molar-refractivity contribution is 8.01. The number of benzene rings is 2. The van der Waals surface area contributed by atoms with E-state index in [9.17, 15) is 4.21 Å². The Kier molecular flexibility index (Phi) is 10.6. The molecule has 10 heteroatoms. The van der Waals surface area contributed by atoms with Gasteiger partial charge in [0.2, 0.25) is 0 Å². The van der Waals surface area contributed by atoms with Gasteiger partial charge < -0.3 is 14.9 Å². The maximum absolute atomic E-state index is 13.3. The van der Waals surface area contributed by atoms with Crippen molar-refractivity contribution in [3.63, 3.8) is 0 Å². The Morgan fingerprint density at radius 3 is 2.48 bits per heavy atom. The van der Waals surface area contributed by atoms with Gasteiger partial charge in [-0.25, -0.2) is 9.19 Å². The van der Waals surface area contributed by atoms with Crippen LogP contribution >= 0.6 is 36.0 Å². The maximum Gasteiger partial charge on any atom is 0.140 e.